The molecule has 0 heterocycles. The van der Waals surface area contributed by atoms with Gasteiger partial charge in [0.15, 0.2) is 0 Å². The van der Waals surface area contributed by atoms with Crippen molar-refractivity contribution in [2.45, 2.75) is 31.6 Å². The molecule has 0 bridgehead atoms. The molecular formula is C16H16F6N2. The second-order valence-electron chi connectivity index (χ2n) is 5.98. The van der Waals surface area contributed by atoms with Crippen LogP contribution in [-0.4, -0.2) is 12.4 Å². The van der Waals surface area contributed by atoms with Gasteiger partial charge in [0.1, 0.15) is 0 Å². The lowest BCUT2D eigenvalue weighted by molar-refractivity contribution is -0.184. The summed E-state index contributed by atoms with van der Waals surface area (Å²) in [7, 11) is 0. The van der Waals surface area contributed by atoms with Crippen molar-refractivity contribution < 1.29 is 26.3 Å². The number of nitrogens with two attached hydrogens (primary N) is 2. The molecular weight excluding hydrogens is 334 g/mol. The maximum atomic E-state index is 13.1. The van der Waals surface area contributed by atoms with Crippen molar-refractivity contribution in [3.05, 3.63) is 47.7 Å². The molecule has 0 aliphatic heterocycles. The second kappa shape index (κ2) is 6.07. The van der Waals surface area contributed by atoms with Gasteiger partial charge in [-0.1, -0.05) is 18.2 Å². The third-order valence-electron chi connectivity index (χ3n) is 3.88. The molecule has 0 radical (unpaired) electrons. The first-order chi connectivity index (χ1) is 10.9. The van der Waals surface area contributed by atoms with Crippen molar-refractivity contribution in [2.24, 2.45) is 11.1 Å². The quantitative estimate of drug-likeness (QED) is 0.608. The molecule has 1 aliphatic carbocycles. The van der Waals surface area contributed by atoms with Gasteiger partial charge in [-0.2, -0.15) is 26.3 Å². The van der Waals surface area contributed by atoms with Crippen molar-refractivity contribution in [1.29, 1.82) is 0 Å². The number of nitrogen functional groups attached to an aromatic ring is 1. The molecule has 0 saturated carbocycles. The van der Waals surface area contributed by atoms with Crippen LogP contribution in [0.2, 0.25) is 0 Å². The lowest BCUT2D eigenvalue weighted by atomic mass is 9.66. The van der Waals surface area contributed by atoms with E-state index >= 15 is 0 Å². The molecule has 0 spiro atoms. The van der Waals surface area contributed by atoms with Crippen LogP contribution in [0.5, 0.6) is 0 Å². The van der Waals surface area contributed by atoms with Gasteiger partial charge in [0.25, 0.3) is 0 Å². The number of alkyl halides is 6. The molecule has 8 heteroatoms. The van der Waals surface area contributed by atoms with Gasteiger partial charge in [0.2, 0.25) is 0 Å². The predicted molar refractivity (Wildman–Crippen MR) is 79.5 cm³/mol. The van der Waals surface area contributed by atoms with Gasteiger partial charge in [0.05, 0.1) is 12.8 Å². The molecule has 1 aliphatic rings. The summed E-state index contributed by atoms with van der Waals surface area (Å²) in [6, 6.07) is 5.70. The molecule has 0 saturated heterocycles. The first kappa shape index (κ1) is 18.2. The summed E-state index contributed by atoms with van der Waals surface area (Å²) >= 11 is 0. The van der Waals surface area contributed by atoms with Gasteiger partial charge >= 0.3 is 12.4 Å². The van der Waals surface area contributed by atoms with E-state index in [2.05, 4.69) is 0 Å². The first-order valence-electron chi connectivity index (χ1n) is 7.06. The lowest BCUT2D eigenvalue weighted by Gasteiger charge is -2.40. The van der Waals surface area contributed by atoms with E-state index in [0.717, 1.165) is 0 Å². The number of halogens is 6. The smallest absolute Gasteiger partial charge is 0.389 e. The van der Waals surface area contributed by atoms with E-state index in [1.165, 1.54) is 36.4 Å². The summed E-state index contributed by atoms with van der Waals surface area (Å²) in [6.45, 7) is 0. The van der Waals surface area contributed by atoms with E-state index in [1.54, 1.807) is 0 Å². The van der Waals surface area contributed by atoms with E-state index in [9.17, 15) is 26.3 Å². The molecule has 2 nitrogen and oxygen atoms in total. The Morgan fingerprint density at radius 2 is 1.33 bits per heavy atom. The fraction of sp³-hybridized carbons (Fsp3) is 0.375. The minimum Gasteiger partial charge on any atom is -0.402 e. The fourth-order valence-electron chi connectivity index (χ4n) is 3.12. The highest BCUT2D eigenvalue weighted by molar-refractivity contribution is 5.74. The van der Waals surface area contributed by atoms with E-state index in [0.29, 0.717) is 5.69 Å². The zero-order valence-corrected chi connectivity index (χ0v) is 12.5. The largest absolute Gasteiger partial charge is 0.402 e. The molecule has 0 unspecified atom stereocenters. The van der Waals surface area contributed by atoms with Crippen LogP contribution < -0.4 is 11.5 Å². The summed E-state index contributed by atoms with van der Waals surface area (Å²) < 4.78 is 78.4. The number of anilines is 1. The summed E-state index contributed by atoms with van der Waals surface area (Å²) in [5, 5.41) is 0. The average molecular weight is 350 g/mol. The highest BCUT2D eigenvalue weighted by Crippen LogP contribution is 2.54. The molecule has 4 N–H and O–H groups in total. The van der Waals surface area contributed by atoms with Crippen LogP contribution in [0.1, 0.15) is 24.8 Å². The topological polar surface area (TPSA) is 52.0 Å². The predicted octanol–water partition coefficient (Wildman–Crippen LogP) is 4.79. The number of hydrogen-bond donors (Lipinski definition) is 2. The van der Waals surface area contributed by atoms with Crippen LogP contribution in [0.25, 0.3) is 5.57 Å². The van der Waals surface area contributed by atoms with Crippen molar-refractivity contribution >= 4 is 11.3 Å². The zero-order chi connectivity index (χ0) is 18.2. The maximum absolute atomic E-state index is 13.1. The Morgan fingerprint density at radius 1 is 0.833 bits per heavy atom. The molecule has 0 fully saturated rings. The molecule has 132 valence electrons. The fourth-order valence-corrected chi connectivity index (χ4v) is 3.12. The molecule has 24 heavy (non-hydrogen) atoms. The van der Waals surface area contributed by atoms with Gasteiger partial charge in [-0.3, -0.25) is 0 Å². The number of rotatable bonds is 3. The van der Waals surface area contributed by atoms with E-state index in [-0.39, 0.29) is 16.8 Å². The number of benzene rings is 1. The third kappa shape index (κ3) is 4.46. The molecule has 0 amide bonds. The van der Waals surface area contributed by atoms with Crippen LogP contribution in [0.15, 0.2) is 42.1 Å². The first-order valence-corrected chi connectivity index (χ1v) is 7.06. The lowest BCUT2D eigenvalue weighted by Crippen LogP contribution is -2.37. The van der Waals surface area contributed by atoms with Gasteiger partial charge < -0.3 is 11.5 Å². The van der Waals surface area contributed by atoms with Crippen LogP contribution in [0.4, 0.5) is 32.0 Å². The van der Waals surface area contributed by atoms with Crippen LogP contribution in [0.3, 0.4) is 0 Å². The minimum atomic E-state index is -4.77. The third-order valence-corrected chi connectivity index (χ3v) is 3.88. The van der Waals surface area contributed by atoms with Crippen molar-refractivity contribution in [3.63, 3.8) is 0 Å². The van der Waals surface area contributed by atoms with Crippen molar-refractivity contribution in [1.82, 2.24) is 0 Å². The molecule has 2 rings (SSSR count). The summed E-state index contributed by atoms with van der Waals surface area (Å²) in [6.07, 6.45) is -10.7. The summed E-state index contributed by atoms with van der Waals surface area (Å²) in [5.74, 6) is 0. The Balaban J connectivity index is 2.57. The van der Waals surface area contributed by atoms with Gasteiger partial charge in [0, 0.05) is 16.8 Å². The van der Waals surface area contributed by atoms with E-state index < -0.39 is 37.0 Å². The molecule has 1 aromatic rings. The molecule has 0 atom stereocenters. The van der Waals surface area contributed by atoms with Crippen molar-refractivity contribution in [3.8, 4) is 0 Å². The maximum Gasteiger partial charge on any atom is 0.389 e. The SMILES string of the molecule is NC1=CC=C(c2ccc(N)cc2)C(CC(F)(F)F)(CC(F)(F)F)C1. The average Bonchev–Trinajstić information content (AvgIpc) is 2.35. The Morgan fingerprint density at radius 3 is 1.79 bits per heavy atom. The van der Waals surface area contributed by atoms with Crippen LogP contribution >= 0.6 is 0 Å². The van der Waals surface area contributed by atoms with Gasteiger partial charge in [-0.05, 0) is 35.8 Å². The number of allylic oxidation sites excluding steroid dienone is 4. The molecule has 0 aromatic heterocycles. The zero-order valence-electron chi connectivity index (χ0n) is 12.5. The summed E-state index contributed by atoms with van der Waals surface area (Å²) in [4.78, 5) is 0. The highest BCUT2D eigenvalue weighted by atomic mass is 19.4. The Labute approximate surface area is 134 Å². The van der Waals surface area contributed by atoms with Crippen LogP contribution in [0, 0.1) is 5.41 Å². The Hall–Kier alpha value is -2.12. The normalized spacial score (nSPS) is 18.1. The molecule has 1 aromatic carbocycles. The monoisotopic (exact) mass is 350 g/mol. The Bertz CT molecular complexity index is 637. The van der Waals surface area contributed by atoms with E-state index in [1.807, 2.05) is 0 Å². The van der Waals surface area contributed by atoms with Crippen LogP contribution in [-0.2, 0) is 0 Å². The number of hydrogen-bond acceptors (Lipinski definition) is 2. The Kier molecular flexibility index (Phi) is 4.61. The van der Waals surface area contributed by atoms with E-state index in [4.69, 9.17) is 11.5 Å². The van der Waals surface area contributed by atoms with Gasteiger partial charge in [-0.15, -0.1) is 0 Å². The highest BCUT2D eigenvalue weighted by Gasteiger charge is 2.51. The second-order valence-corrected chi connectivity index (χ2v) is 5.98. The van der Waals surface area contributed by atoms with Gasteiger partial charge in [-0.25, -0.2) is 0 Å². The van der Waals surface area contributed by atoms with Crippen molar-refractivity contribution in [2.75, 3.05) is 5.73 Å². The summed E-state index contributed by atoms with van der Waals surface area (Å²) in [5.41, 5.74) is 9.50. The minimum absolute atomic E-state index is 0.0114. The standard InChI is InChI=1S/C16H16F6N2/c17-15(18,19)8-14(9-16(20,21)22)7-12(24)5-6-13(14)10-1-3-11(23)4-2-10/h1-6H,7-9,23-24H2.